The number of halogens is 1. The predicted molar refractivity (Wildman–Crippen MR) is 91.6 cm³/mol. The van der Waals surface area contributed by atoms with Gasteiger partial charge in [-0.2, -0.15) is 0 Å². The Hall–Kier alpha value is -2.59. The van der Waals surface area contributed by atoms with E-state index in [1.54, 1.807) is 18.2 Å². The van der Waals surface area contributed by atoms with Crippen LogP contribution in [0.5, 0.6) is 5.75 Å². The second-order valence-corrected chi connectivity index (χ2v) is 5.45. The second kappa shape index (κ2) is 7.11. The molecule has 0 atom stereocenters. The Morgan fingerprint density at radius 3 is 2.74 bits per heavy atom. The average Bonchev–Trinajstić information content (AvgIpc) is 2.88. The zero-order valence-electron chi connectivity index (χ0n) is 12.3. The summed E-state index contributed by atoms with van der Waals surface area (Å²) in [6, 6.07) is 16.8. The molecular weight excluding hydrogens is 312 g/mol. The number of benzene rings is 2. The number of carbonyl (C=O) groups excluding carboxylic acids is 1. The van der Waals surface area contributed by atoms with Crippen LogP contribution in [0.4, 0.5) is 0 Å². The molecule has 1 amide bonds. The quantitative estimate of drug-likeness (QED) is 0.852. The Morgan fingerprint density at radius 2 is 1.96 bits per heavy atom. The maximum Gasteiger partial charge on any atom is 0.275 e. The summed E-state index contributed by atoms with van der Waals surface area (Å²) in [5, 5.41) is 3.38. The number of hydrogen-bond acceptors (Lipinski definition) is 3. The molecule has 2 aromatic carbocycles. The molecule has 4 nitrogen and oxygen atoms in total. The Labute approximate surface area is 139 Å². The van der Waals surface area contributed by atoms with Crippen molar-refractivity contribution in [3.8, 4) is 5.75 Å². The van der Waals surface area contributed by atoms with Crippen molar-refractivity contribution in [2.75, 3.05) is 6.61 Å². The molecule has 0 fully saturated rings. The summed E-state index contributed by atoms with van der Waals surface area (Å²) < 4.78 is 5.60. The Balaban J connectivity index is 1.62. The van der Waals surface area contributed by atoms with E-state index in [1.807, 2.05) is 42.5 Å². The van der Waals surface area contributed by atoms with E-state index in [1.165, 1.54) is 0 Å². The van der Waals surface area contributed by atoms with Gasteiger partial charge in [0.2, 0.25) is 0 Å². The van der Waals surface area contributed by atoms with Gasteiger partial charge in [-0.05, 0) is 35.9 Å². The summed E-state index contributed by atoms with van der Waals surface area (Å²) in [6.45, 7) is 0.452. The fourth-order valence-corrected chi connectivity index (χ4v) is 2.37. The Kier molecular flexibility index (Phi) is 4.74. The lowest BCUT2D eigenvalue weighted by Crippen LogP contribution is -2.25. The van der Waals surface area contributed by atoms with Gasteiger partial charge in [0.25, 0.3) is 5.91 Å². The van der Waals surface area contributed by atoms with Gasteiger partial charge in [0.05, 0.1) is 6.61 Å². The zero-order chi connectivity index (χ0) is 16.1. The number of amides is 1. The van der Waals surface area contributed by atoms with E-state index in [4.69, 9.17) is 16.3 Å². The molecule has 1 N–H and O–H groups in total. The van der Waals surface area contributed by atoms with E-state index in [9.17, 15) is 4.79 Å². The molecule has 1 heterocycles. The third-order valence-electron chi connectivity index (χ3n) is 3.25. The van der Waals surface area contributed by atoms with Crippen molar-refractivity contribution in [2.24, 2.45) is 4.99 Å². The summed E-state index contributed by atoms with van der Waals surface area (Å²) >= 11 is 5.94. The normalized spacial score (nSPS) is 15.4. The molecule has 0 spiro atoms. The van der Waals surface area contributed by atoms with Gasteiger partial charge in [-0.3, -0.25) is 4.79 Å². The highest BCUT2D eigenvalue weighted by atomic mass is 35.5. The summed E-state index contributed by atoms with van der Waals surface area (Å²) in [5.41, 5.74) is 1.22. The minimum Gasteiger partial charge on any atom is -0.493 e. The first-order chi connectivity index (χ1) is 11.2. The molecule has 0 saturated heterocycles. The number of aliphatic imine (C=N–C) groups is 1. The molecule has 1 aliphatic heterocycles. The summed E-state index contributed by atoms with van der Waals surface area (Å²) in [6.07, 6.45) is 2.25. The molecule has 0 aliphatic carbocycles. The largest absolute Gasteiger partial charge is 0.493 e. The van der Waals surface area contributed by atoms with Gasteiger partial charge < -0.3 is 10.1 Å². The van der Waals surface area contributed by atoms with E-state index in [0.29, 0.717) is 29.6 Å². The molecule has 1 aliphatic rings. The third-order valence-corrected chi connectivity index (χ3v) is 3.48. The minimum atomic E-state index is -0.209. The molecule has 3 rings (SSSR count). The molecule has 0 radical (unpaired) electrons. The summed E-state index contributed by atoms with van der Waals surface area (Å²) in [5.74, 6) is 1.20. The highest BCUT2D eigenvalue weighted by Gasteiger charge is 2.19. The Bertz CT molecular complexity index is 770. The maximum atomic E-state index is 11.9. The highest BCUT2D eigenvalue weighted by Crippen LogP contribution is 2.17. The second-order valence-electron chi connectivity index (χ2n) is 5.01. The van der Waals surface area contributed by atoms with E-state index in [-0.39, 0.29) is 5.91 Å². The first kappa shape index (κ1) is 15.3. The standard InChI is InChI=1S/C18H15ClN2O2/c19-14-6-4-5-13(11-14)12-16-18(22)21-17(20-16)9-10-23-15-7-2-1-3-8-15/h1-8,11-12H,9-10H2,(H,20,21,22)/b16-12+. The van der Waals surface area contributed by atoms with Crippen molar-refractivity contribution in [3.63, 3.8) is 0 Å². The van der Waals surface area contributed by atoms with Crippen LogP contribution in [0.25, 0.3) is 6.08 Å². The van der Waals surface area contributed by atoms with Crippen LogP contribution in [0.2, 0.25) is 5.02 Å². The lowest BCUT2D eigenvalue weighted by molar-refractivity contribution is -0.115. The molecule has 0 saturated carbocycles. The average molecular weight is 327 g/mol. The number of amidine groups is 1. The first-order valence-corrected chi connectivity index (χ1v) is 7.62. The fourth-order valence-electron chi connectivity index (χ4n) is 2.17. The monoisotopic (exact) mass is 326 g/mol. The number of rotatable bonds is 5. The van der Waals surface area contributed by atoms with Crippen molar-refractivity contribution in [1.29, 1.82) is 0 Å². The van der Waals surface area contributed by atoms with Crippen molar-refractivity contribution in [1.82, 2.24) is 5.32 Å². The van der Waals surface area contributed by atoms with Crippen LogP contribution in [0, 0.1) is 0 Å². The number of nitrogens with zero attached hydrogens (tertiary/aromatic N) is 1. The van der Waals surface area contributed by atoms with Crippen molar-refractivity contribution in [3.05, 3.63) is 70.9 Å². The number of nitrogens with one attached hydrogen (secondary N) is 1. The number of carbonyl (C=O) groups is 1. The van der Waals surface area contributed by atoms with Crippen LogP contribution in [0.3, 0.4) is 0 Å². The molecule has 5 heteroatoms. The smallest absolute Gasteiger partial charge is 0.275 e. The number of hydrogen-bond donors (Lipinski definition) is 1. The molecule has 0 unspecified atom stereocenters. The van der Waals surface area contributed by atoms with E-state index in [2.05, 4.69) is 10.3 Å². The van der Waals surface area contributed by atoms with Crippen LogP contribution in [-0.4, -0.2) is 18.3 Å². The maximum absolute atomic E-state index is 11.9. The lowest BCUT2D eigenvalue weighted by Gasteiger charge is -2.05. The van der Waals surface area contributed by atoms with E-state index < -0.39 is 0 Å². The minimum absolute atomic E-state index is 0.209. The highest BCUT2D eigenvalue weighted by molar-refractivity contribution is 6.30. The van der Waals surface area contributed by atoms with Crippen molar-refractivity contribution >= 4 is 29.4 Å². The van der Waals surface area contributed by atoms with Gasteiger partial charge in [-0.15, -0.1) is 0 Å². The third kappa shape index (κ3) is 4.20. The number of ether oxygens (including phenoxy) is 1. The molecule has 2 aromatic rings. The van der Waals surface area contributed by atoms with Crippen molar-refractivity contribution in [2.45, 2.75) is 6.42 Å². The SMILES string of the molecule is O=C1NC(CCOc2ccccc2)=N/C1=C/c1cccc(Cl)c1. The van der Waals surface area contributed by atoms with Crippen molar-refractivity contribution < 1.29 is 9.53 Å². The van der Waals surface area contributed by atoms with Crippen LogP contribution in [-0.2, 0) is 4.79 Å². The fraction of sp³-hybridized carbons (Fsp3) is 0.111. The van der Waals surface area contributed by atoms with Crippen LogP contribution >= 0.6 is 11.6 Å². The zero-order valence-corrected chi connectivity index (χ0v) is 13.1. The lowest BCUT2D eigenvalue weighted by atomic mass is 10.2. The van der Waals surface area contributed by atoms with Crippen LogP contribution in [0.1, 0.15) is 12.0 Å². The van der Waals surface area contributed by atoms with Gasteiger partial charge >= 0.3 is 0 Å². The molecule has 0 aromatic heterocycles. The molecule has 0 bridgehead atoms. The first-order valence-electron chi connectivity index (χ1n) is 7.25. The molecule has 116 valence electrons. The van der Waals surface area contributed by atoms with Crippen LogP contribution < -0.4 is 10.1 Å². The Morgan fingerprint density at radius 1 is 1.13 bits per heavy atom. The van der Waals surface area contributed by atoms with E-state index in [0.717, 1.165) is 11.3 Å². The van der Waals surface area contributed by atoms with Gasteiger partial charge in [-0.25, -0.2) is 4.99 Å². The summed E-state index contributed by atoms with van der Waals surface area (Å²) in [7, 11) is 0. The van der Waals surface area contributed by atoms with E-state index >= 15 is 0 Å². The van der Waals surface area contributed by atoms with Gasteiger partial charge in [-0.1, -0.05) is 41.9 Å². The number of para-hydroxylation sites is 1. The van der Waals surface area contributed by atoms with Gasteiger partial charge in [0.1, 0.15) is 17.3 Å². The predicted octanol–water partition coefficient (Wildman–Crippen LogP) is 3.68. The van der Waals surface area contributed by atoms with Gasteiger partial charge in [0, 0.05) is 11.4 Å². The van der Waals surface area contributed by atoms with Gasteiger partial charge in [0.15, 0.2) is 0 Å². The molecular formula is C18H15ClN2O2. The topological polar surface area (TPSA) is 50.7 Å². The molecule has 23 heavy (non-hydrogen) atoms. The van der Waals surface area contributed by atoms with Crippen LogP contribution in [0.15, 0.2) is 65.3 Å². The summed E-state index contributed by atoms with van der Waals surface area (Å²) in [4.78, 5) is 16.3.